The van der Waals surface area contributed by atoms with Gasteiger partial charge in [0.15, 0.2) is 12.4 Å². The molecular weight excluding hydrogens is 410 g/mol. The zero-order valence-corrected chi connectivity index (χ0v) is 17.7. The molecule has 0 amide bonds. The molecule has 0 aliphatic carbocycles. The van der Waals surface area contributed by atoms with Gasteiger partial charge in [0.2, 0.25) is 0 Å². The Morgan fingerprint density at radius 1 is 1.06 bits per heavy atom. The lowest BCUT2D eigenvalue weighted by Crippen LogP contribution is -2.54. The molecule has 2 heterocycles. The van der Waals surface area contributed by atoms with E-state index in [2.05, 4.69) is 0 Å². The molecule has 5 atom stereocenters. The van der Waals surface area contributed by atoms with Gasteiger partial charge in [0.25, 0.3) is 0 Å². The summed E-state index contributed by atoms with van der Waals surface area (Å²) in [5.74, 6) is -3.19. The predicted molar refractivity (Wildman–Crippen MR) is 104 cm³/mol. The van der Waals surface area contributed by atoms with Crippen LogP contribution in [0.5, 0.6) is 0 Å². The first-order chi connectivity index (χ1) is 15.0. The first-order valence-corrected chi connectivity index (χ1v) is 10.2. The Morgan fingerprint density at radius 2 is 1.77 bits per heavy atom. The van der Waals surface area contributed by atoms with Crippen LogP contribution >= 0.6 is 0 Å². The topological polar surface area (TPSA) is 110 Å². The number of hydrogen-bond acceptors (Lipinski definition) is 10. The third-order valence-electron chi connectivity index (χ3n) is 5.16. The molecule has 2 fully saturated rings. The summed E-state index contributed by atoms with van der Waals surface area (Å²) < 4.78 is 21.1. The standard InChI is InChI=1S/C21H27NO9/c1-4-5-11-28-15-12-14(29-19(23)13-9-7-6-8-10-13)17-16(20(24)26-2)18(21(25)27-3)31-22(17)30-15/h6-10,14-18H,4-5,11-12H2,1-3H3/t14-,15-,16-,17-,18+/m0/s1. The molecule has 2 aliphatic heterocycles. The summed E-state index contributed by atoms with van der Waals surface area (Å²) in [6.45, 7) is 2.46. The lowest BCUT2D eigenvalue weighted by Gasteiger charge is -2.38. The van der Waals surface area contributed by atoms with Crippen molar-refractivity contribution in [2.24, 2.45) is 5.92 Å². The second-order valence-electron chi connectivity index (χ2n) is 7.18. The SMILES string of the molecule is CCCCO[C@@H]1C[C@H](OC(=O)c2ccccc2)[C@H]2[C@H](C(=O)OC)[C@H](C(=O)OC)ON2O1. The average molecular weight is 437 g/mol. The Kier molecular flexibility index (Phi) is 7.97. The molecule has 170 valence electrons. The first-order valence-electron chi connectivity index (χ1n) is 10.2. The number of nitrogens with zero attached hydrogens (tertiary/aromatic N) is 1. The van der Waals surface area contributed by atoms with Crippen LogP contribution in [-0.2, 0) is 38.2 Å². The van der Waals surface area contributed by atoms with Gasteiger partial charge in [0, 0.05) is 13.0 Å². The Morgan fingerprint density at radius 3 is 2.42 bits per heavy atom. The van der Waals surface area contributed by atoms with Gasteiger partial charge < -0.3 is 18.9 Å². The fourth-order valence-corrected chi connectivity index (χ4v) is 3.57. The van der Waals surface area contributed by atoms with Crippen LogP contribution in [0.1, 0.15) is 36.5 Å². The molecular formula is C21H27NO9. The van der Waals surface area contributed by atoms with E-state index in [0.717, 1.165) is 18.1 Å². The molecule has 10 heteroatoms. The van der Waals surface area contributed by atoms with Crippen molar-refractivity contribution in [2.45, 2.75) is 50.7 Å². The van der Waals surface area contributed by atoms with Gasteiger partial charge in [-0.15, -0.1) is 0 Å². The van der Waals surface area contributed by atoms with Crippen LogP contribution in [0.3, 0.4) is 0 Å². The number of hydroxylamine groups is 2. The summed E-state index contributed by atoms with van der Waals surface area (Å²) in [6.07, 6.45) is -1.08. The van der Waals surface area contributed by atoms with Crippen LogP contribution in [0, 0.1) is 5.92 Å². The molecule has 0 spiro atoms. The van der Waals surface area contributed by atoms with Crippen LogP contribution in [0.25, 0.3) is 0 Å². The zero-order valence-electron chi connectivity index (χ0n) is 17.7. The summed E-state index contributed by atoms with van der Waals surface area (Å²) in [5, 5.41) is 1.01. The van der Waals surface area contributed by atoms with Crippen molar-refractivity contribution in [2.75, 3.05) is 20.8 Å². The Hall–Kier alpha value is -2.53. The van der Waals surface area contributed by atoms with Gasteiger partial charge in [0.05, 0.1) is 19.8 Å². The van der Waals surface area contributed by atoms with E-state index >= 15 is 0 Å². The molecule has 0 unspecified atom stereocenters. The van der Waals surface area contributed by atoms with E-state index in [9.17, 15) is 14.4 Å². The Bertz CT molecular complexity index is 771. The number of hydrogen-bond donors (Lipinski definition) is 0. The fraction of sp³-hybridized carbons (Fsp3) is 0.571. The number of fused-ring (bicyclic) bond motifs is 1. The molecule has 0 bridgehead atoms. The highest BCUT2D eigenvalue weighted by Crippen LogP contribution is 2.39. The van der Waals surface area contributed by atoms with E-state index in [1.165, 1.54) is 14.2 Å². The molecule has 0 N–H and O–H groups in total. The van der Waals surface area contributed by atoms with Crippen molar-refractivity contribution in [1.29, 1.82) is 0 Å². The third-order valence-corrected chi connectivity index (χ3v) is 5.16. The Labute approximate surface area is 180 Å². The number of benzene rings is 1. The average Bonchev–Trinajstić information content (AvgIpc) is 3.18. The van der Waals surface area contributed by atoms with Crippen LogP contribution in [0.4, 0.5) is 0 Å². The number of ether oxygens (including phenoxy) is 4. The smallest absolute Gasteiger partial charge is 0.338 e. The minimum Gasteiger partial charge on any atom is -0.469 e. The van der Waals surface area contributed by atoms with Crippen molar-refractivity contribution in [3.63, 3.8) is 0 Å². The fourth-order valence-electron chi connectivity index (χ4n) is 3.57. The van der Waals surface area contributed by atoms with E-state index in [1.807, 2.05) is 6.92 Å². The van der Waals surface area contributed by atoms with Gasteiger partial charge >= 0.3 is 17.9 Å². The van der Waals surface area contributed by atoms with Gasteiger partial charge in [0.1, 0.15) is 18.1 Å². The van der Waals surface area contributed by atoms with Crippen LogP contribution in [0.2, 0.25) is 0 Å². The van der Waals surface area contributed by atoms with Gasteiger partial charge in [-0.25, -0.2) is 14.4 Å². The summed E-state index contributed by atoms with van der Waals surface area (Å²) in [6, 6.07) is 7.53. The second-order valence-corrected chi connectivity index (χ2v) is 7.18. The zero-order chi connectivity index (χ0) is 22.4. The lowest BCUT2D eigenvalue weighted by molar-refractivity contribution is -0.443. The summed E-state index contributed by atoms with van der Waals surface area (Å²) in [5.41, 5.74) is 0.349. The largest absolute Gasteiger partial charge is 0.469 e. The van der Waals surface area contributed by atoms with Crippen molar-refractivity contribution in [3.8, 4) is 0 Å². The minimum absolute atomic E-state index is 0.147. The van der Waals surface area contributed by atoms with Gasteiger partial charge in [-0.1, -0.05) is 36.8 Å². The van der Waals surface area contributed by atoms with E-state index in [1.54, 1.807) is 30.3 Å². The van der Waals surface area contributed by atoms with E-state index in [-0.39, 0.29) is 6.42 Å². The first kappa shape index (κ1) is 23.1. The maximum Gasteiger partial charge on any atom is 0.338 e. The second kappa shape index (κ2) is 10.7. The molecule has 1 aromatic rings. The van der Waals surface area contributed by atoms with Crippen molar-refractivity contribution < 1.29 is 43.0 Å². The van der Waals surface area contributed by atoms with Gasteiger partial charge in [-0.05, 0) is 18.6 Å². The van der Waals surface area contributed by atoms with E-state index < -0.39 is 48.4 Å². The monoisotopic (exact) mass is 437 g/mol. The molecule has 10 nitrogen and oxygen atoms in total. The van der Waals surface area contributed by atoms with Crippen LogP contribution < -0.4 is 0 Å². The van der Waals surface area contributed by atoms with Gasteiger partial charge in [-0.2, -0.15) is 0 Å². The molecule has 0 saturated carbocycles. The summed E-state index contributed by atoms with van der Waals surface area (Å²) in [4.78, 5) is 48.8. The number of carbonyl (C=O) groups excluding carboxylic acids is 3. The Balaban J connectivity index is 1.86. The maximum absolute atomic E-state index is 12.7. The van der Waals surface area contributed by atoms with E-state index in [4.69, 9.17) is 28.6 Å². The number of esters is 3. The molecule has 2 saturated heterocycles. The van der Waals surface area contributed by atoms with Crippen LogP contribution in [-0.4, -0.2) is 68.5 Å². The van der Waals surface area contributed by atoms with Crippen molar-refractivity contribution in [3.05, 3.63) is 35.9 Å². The number of carbonyl (C=O) groups is 3. The molecule has 2 aliphatic rings. The molecule has 3 rings (SSSR count). The third kappa shape index (κ3) is 5.21. The van der Waals surface area contributed by atoms with Crippen molar-refractivity contribution in [1.82, 2.24) is 5.23 Å². The predicted octanol–water partition coefficient (Wildman–Crippen LogP) is 1.64. The van der Waals surface area contributed by atoms with Gasteiger partial charge in [-0.3, -0.25) is 9.63 Å². The molecule has 0 radical (unpaired) electrons. The number of rotatable bonds is 8. The number of unbranched alkanes of at least 4 members (excludes halogenated alkanes) is 1. The van der Waals surface area contributed by atoms with Crippen molar-refractivity contribution >= 4 is 17.9 Å². The minimum atomic E-state index is -1.31. The van der Waals surface area contributed by atoms with E-state index in [0.29, 0.717) is 12.2 Å². The normalized spacial score (nSPS) is 27.9. The highest BCUT2D eigenvalue weighted by molar-refractivity contribution is 5.89. The molecule has 31 heavy (non-hydrogen) atoms. The highest BCUT2D eigenvalue weighted by Gasteiger charge is 2.60. The molecule has 0 aromatic heterocycles. The maximum atomic E-state index is 12.7. The number of methoxy groups -OCH3 is 2. The summed E-state index contributed by atoms with van der Waals surface area (Å²) in [7, 11) is 2.38. The quantitative estimate of drug-likeness (QED) is 0.338. The van der Waals surface area contributed by atoms with Crippen LogP contribution in [0.15, 0.2) is 30.3 Å². The molecule has 1 aromatic carbocycles. The summed E-state index contributed by atoms with van der Waals surface area (Å²) >= 11 is 0. The lowest BCUT2D eigenvalue weighted by atomic mass is 9.89. The highest BCUT2D eigenvalue weighted by atomic mass is 17.0.